The maximum absolute atomic E-state index is 2.51. The summed E-state index contributed by atoms with van der Waals surface area (Å²) < 4.78 is 0.640. The van der Waals surface area contributed by atoms with Gasteiger partial charge < -0.3 is 24.8 Å². The first-order valence-electron chi connectivity index (χ1n) is 11.9. The number of rotatable bonds is 1. The zero-order valence-electron chi connectivity index (χ0n) is 21.6. The zero-order chi connectivity index (χ0) is 23.7. The van der Waals surface area contributed by atoms with Crippen molar-refractivity contribution in [3.8, 4) is 11.1 Å². The van der Waals surface area contributed by atoms with Gasteiger partial charge in [-0.05, 0) is 29.1 Å². The smallest absolute Gasteiger partial charge is 1.00 e. The summed E-state index contributed by atoms with van der Waals surface area (Å²) >= 11 is 3.53. The SMILES string of the molecule is CC1=C2c3sccc3C1[Si]2(C)C.CC1=Cc2c(-c3ccc(C(C)(C)C)cc3)cccc2[CH]1[Zr+2].[Cl-].[Cl-]. The fourth-order valence-electron chi connectivity index (χ4n) is 6.06. The summed E-state index contributed by atoms with van der Waals surface area (Å²) in [6.07, 6.45) is 2.38. The van der Waals surface area contributed by atoms with Gasteiger partial charge in [-0.2, -0.15) is 0 Å². The van der Waals surface area contributed by atoms with Crippen LogP contribution >= 0.6 is 11.3 Å². The van der Waals surface area contributed by atoms with Gasteiger partial charge in [0.2, 0.25) is 0 Å². The topological polar surface area (TPSA) is 0 Å². The zero-order valence-corrected chi connectivity index (χ0v) is 27.4. The average Bonchev–Trinajstić information content (AvgIpc) is 3.45. The Morgan fingerprint density at radius 1 is 0.886 bits per heavy atom. The van der Waals surface area contributed by atoms with Crippen LogP contribution in [0.5, 0.6) is 0 Å². The van der Waals surface area contributed by atoms with Crippen LogP contribution in [-0.2, 0) is 30.1 Å². The van der Waals surface area contributed by atoms with Crippen molar-refractivity contribution in [2.75, 3.05) is 0 Å². The first-order valence-corrected chi connectivity index (χ1v) is 17.3. The molecule has 2 aliphatic heterocycles. The summed E-state index contributed by atoms with van der Waals surface area (Å²) in [5.41, 5.74) is 13.0. The predicted octanol–water partition coefficient (Wildman–Crippen LogP) is 3.08. The molecular weight excluding hydrogens is 583 g/mol. The molecule has 2 bridgehead atoms. The van der Waals surface area contributed by atoms with Gasteiger partial charge in [0.15, 0.2) is 0 Å². The van der Waals surface area contributed by atoms with Crippen molar-refractivity contribution >= 4 is 30.7 Å². The summed E-state index contributed by atoms with van der Waals surface area (Å²) in [6.45, 7) is 16.4. The van der Waals surface area contributed by atoms with Crippen molar-refractivity contribution < 1.29 is 49.5 Å². The molecule has 1 aromatic heterocycles. The average molecular weight is 616 g/mol. The quantitative estimate of drug-likeness (QED) is 0.370. The van der Waals surface area contributed by atoms with Crippen LogP contribution in [0.4, 0.5) is 0 Å². The van der Waals surface area contributed by atoms with E-state index in [9.17, 15) is 0 Å². The van der Waals surface area contributed by atoms with Crippen molar-refractivity contribution in [1.82, 2.24) is 0 Å². The summed E-state index contributed by atoms with van der Waals surface area (Å²) in [7, 11) is -0.972. The monoisotopic (exact) mass is 613 g/mol. The van der Waals surface area contributed by atoms with Crippen LogP contribution in [0.2, 0.25) is 13.1 Å². The third-order valence-electron chi connectivity index (χ3n) is 7.77. The standard InChI is InChI=1S/C20H21.C10H12SSi.2ClH.Zr/c1-14-12-16-6-5-7-18(19(16)13-14)15-8-10-17(11-9-15)20(2,3)4;1-6-9-7-4-5-11-8(7)10(6)12(9,2)3;;;/h5-13H,1-4H3;4-5,9H,1-3H3;2*1H;/q;;;;+2/p-2. The van der Waals surface area contributed by atoms with Crippen LogP contribution in [0, 0.1) is 0 Å². The van der Waals surface area contributed by atoms with Crippen molar-refractivity contribution in [3.63, 3.8) is 0 Å². The number of allylic oxidation sites excluding steroid dienone is 2. The molecule has 4 aliphatic rings. The van der Waals surface area contributed by atoms with Gasteiger partial charge >= 0.3 is 143 Å². The Morgan fingerprint density at radius 2 is 1.54 bits per heavy atom. The molecule has 2 unspecified atom stereocenters. The van der Waals surface area contributed by atoms with Crippen molar-refractivity contribution in [2.24, 2.45) is 0 Å². The molecular formula is C30H33Cl2SSiZr. The number of hydrogen-bond donors (Lipinski definition) is 0. The molecule has 0 fully saturated rings. The fourth-order valence-corrected chi connectivity index (χ4v) is 13.1. The Hall–Kier alpha value is -0.700. The molecule has 2 aliphatic carbocycles. The second-order valence-electron chi connectivity index (χ2n) is 11.4. The van der Waals surface area contributed by atoms with Gasteiger partial charge in [0.05, 0.1) is 8.07 Å². The van der Waals surface area contributed by atoms with Crippen molar-refractivity contribution in [2.45, 2.75) is 62.3 Å². The number of halogens is 2. The van der Waals surface area contributed by atoms with E-state index < -0.39 is 8.07 Å². The second kappa shape index (κ2) is 10.2. The molecule has 7 rings (SSSR count). The second-order valence-corrected chi connectivity index (χ2v) is 18.2. The van der Waals surface area contributed by atoms with Gasteiger partial charge in [0.25, 0.3) is 0 Å². The molecule has 3 heterocycles. The Balaban J connectivity index is 0.000000208. The van der Waals surface area contributed by atoms with E-state index >= 15 is 0 Å². The molecule has 0 nitrogen and oxygen atoms in total. The van der Waals surface area contributed by atoms with Crippen LogP contribution in [0.25, 0.3) is 22.4 Å². The van der Waals surface area contributed by atoms with E-state index in [1.54, 1.807) is 45.9 Å². The molecule has 5 heteroatoms. The number of fused-ring (bicyclic) bond motifs is 1. The Morgan fingerprint density at radius 3 is 2.11 bits per heavy atom. The van der Waals surface area contributed by atoms with Crippen LogP contribution in [0.15, 0.2) is 65.1 Å². The van der Waals surface area contributed by atoms with Crippen LogP contribution in [-0.4, -0.2) is 8.07 Å². The van der Waals surface area contributed by atoms with Gasteiger partial charge in [-0.25, -0.2) is 0 Å². The Bertz CT molecular complexity index is 1310. The van der Waals surface area contributed by atoms with E-state index in [0.717, 1.165) is 5.54 Å². The summed E-state index contributed by atoms with van der Waals surface area (Å²) in [5, 5.41) is 4.02. The molecule has 0 saturated carbocycles. The molecule has 3 aromatic rings. The minimum Gasteiger partial charge on any atom is -1.00 e. The van der Waals surface area contributed by atoms with Gasteiger partial charge in [-0.3, -0.25) is 0 Å². The first-order chi connectivity index (χ1) is 15.5. The summed E-state index contributed by atoms with van der Waals surface area (Å²) in [5.74, 6) is 0. The number of benzene rings is 2. The van der Waals surface area contributed by atoms with Crippen LogP contribution in [0.3, 0.4) is 0 Å². The largest absolute Gasteiger partial charge is 1.00 e. The molecule has 2 atom stereocenters. The first kappa shape index (κ1) is 28.9. The molecule has 35 heavy (non-hydrogen) atoms. The number of thiophene rings is 1. The van der Waals surface area contributed by atoms with Crippen LogP contribution in [0.1, 0.15) is 70.9 Å². The summed E-state index contributed by atoms with van der Waals surface area (Å²) in [6, 6.07) is 18.2. The molecule has 181 valence electrons. The van der Waals surface area contributed by atoms with Crippen molar-refractivity contribution in [3.05, 3.63) is 92.2 Å². The molecule has 0 N–H and O–H groups in total. The minimum absolute atomic E-state index is 0. The van der Waals surface area contributed by atoms with E-state index in [0.29, 0.717) is 3.63 Å². The molecule has 0 saturated heterocycles. The van der Waals surface area contributed by atoms with E-state index in [1.165, 1.54) is 33.4 Å². The van der Waals surface area contributed by atoms with Crippen molar-refractivity contribution in [1.29, 1.82) is 0 Å². The third-order valence-corrected chi connectivity index (χ3v) is 14.9. The maximum atomic E-state index is 2.51. The number of hydrogen-bond acceptors (Lipinski definition) is 1. The third kappa shape index (κ3) is 4.70. The molecule has 0 radical (unpaired) electrons. The Labute approximate surface area is 244 Å². The van der Waals surface area contributed by atoms with Crippen LogP contribution < -0.4 is 24.8 Å². The van der Waals surface area contributed by atoms with Gasteiger partial charge in [-0.15, -0.1) is 11.3 Å². The van der Waals surface area contributed by atoms with E-state index in [2.05, 4.69) is 108 Å². The minimum atomic E-state index is -0.972. The fraction of sp³-hybridized carbons (Fsp3) is 0.333. The molecule has 0 spiro atoms. The normalized spacial score (nSPS) is 20.4. The van der Waals surface area contributed by atoms with Gasteiger partial charge in [0, 0.05) is 10.4 Å². The van der Waals surface area contributed by atoms with Gasteiger partial charge in [0.1, 0.15) is 0 Å². The molecule has 0 amide bonds. The summed E-state index contributed by atoms with van der Waals surface area (Å²) in [4.78, 5) is 1.63. The van der Waals surface area contributed by atoms with Gasteiger partial charge in [-0.1, -0.05) is 18.7 Å². The van der Waals surface area contributed by atoms with E-state index in [-0.39, 0.29) is 30.2 Å². The predicted molar refractivity (Wildman–Crippen MR) is 144 cm³/mol. The maximum Gasteiger partial charge on any atom is -1.00 e. The molecule has 2 aromatic carbocycles. The van der Waals surface area contributed by atoms with E-state index in [1.807, 2.05) is 11.3 Å². The Kier molecular flexibility index (Phi) is 8.43. The van der Waals surface area contributed by atoms with E-state index in [4.69, 9.17) is 0 Å².